The maximum absolute atomic E-state index is 10.7. The number of aromatic nitrogens is 2. The molecule has 0 aliphatic carbocycles. The Balaban J connectivity index is 1.56. The Morgan fingerprint density at radius 1 is 0.933 bits per heavy atom. The molecular weight excluding hydrogens is 378 g/mol. The maximum atomic E-state index is 10.7. The first-order valence-electron chi connectivity index (χ1n) is 9.91. The number of aliphatic hydroxyl groups is 1. The van der Waals surface area contributed by atoms with Crippen molar-refractivity contribution in [3.63, 3.8) is 0 Å². The fraction of sp³-hybridized carbons (Fsp3) is 0.208. The predicted octanol–water partition coefficient (Wildman–Crippen LogP) is 3.01. The van der Waals surface area contributed by atoms with E-state index in [9.17, 15) is 5.11 Å². The van der Waals surface area contributed by atoms with Gasteiger partial charge in [-0.1, -0.05) is 54.6 Å². The number of hydrogen-bond acceptors (Lipinski definition) is 4. The molecule has 4 rings (SSSR count). The van der Waals surface area contributed by atoms with Crippen molar-refractivity contribution in [2.45, 2.75) is 19.2 Å². The number of aliphatic hydroxyl groups excluding tert-OH is 1. The average Bonchev–Trinajstić information content (AvgIpc) is 3.04. The lowest BCUT2D eigenvalue weighted by Gasteiger charge is -2.14. The van der Waals surface area contributed by atoms with Crippen LogP contribution in [-0.2, 0) is 13.1 Å². The average molecular weight is 404 g/mol. The van der Waals surface area contributed by atoms with E-state index in [1.165, 1.54) is 0 Å². The van der Waals surface area contributed by atoms with Crippen molar-refractivity contribution >= 4 is 17.0 Å². The highest BCUT2D eigenvalue weighted by Gasteiger charge is 2.23. The standard InChI is InChI=1S/C24H25N3O3/c1-29-22-13-7-8-14-23(22)30-17-19(28)16-27-21-12-6-5-11-20(21)26(24(27)25)15-18-9-3-2-4-10-18/h2-14,19,25,28H,15-17H2,1H3/p+1/t19-/m0/s1. The number of methoxy groups -OCH3 is 1. The number of para-hydroxylation sites is 4. The van der Waals surface area contributed by atoms with Gasteiger partial charge >= 0.3 is 5.95 Å². The van der Waals surface area contributed by atoms with Gasteiger partial charge in [0.2, 0.25) is 0 Å². The second-order valence-corrected chi connectivity index (χ2v) is 7.14. The molecule has 1 aromatic heterocycles. The van der Waals surface area contributed by atoms with Crippen LogP contribution in [0.5, 0.6) is 11.5 Å². The van der Waals surface area contributed by atoms with Gasteiger partial charge in [-0.05, 0) is 29.8 Å². The first-order valence-corrected chi connectivity index (χ1v) is 9.91. The molecule has 3 N–H and O–H groups in total. The minimum absolute atomic E-state index is 0.130. The van der Waals surface area contributed by atoms with Crippen LogP contribution in [0.25, 0.3) is 11.0 Å². The fourth-order valence-electron chi connectivity index (χ4n) is 3.62. The largest absolute Gasteiger partial charge is 0.493 e. The van der Waals surface area contributed by atoms with Gasteiger partial charge in [0, 0.05) is 0 Å². The van der Waals surface area contributed by atoms with Crippen LogP contribution in [0.2, 0.25) is 0 Å². The number of anilines is 1. The molecule has 0 spiro atoms. The first-order chi connectivity index (χ1) is 14.7. The van der Waals surface area contributed by atoms with Crippen LogP contribution in [0, 0.1) is 0 Å². The van der Waals surface area contributed by atoms with Crippen LogP contribution in [0.15, 0.2) is 78.9 Å². The lowest BCUT2D eigenvalue weighted by molar-refractivity contribution is -0.648. The Morgan fingerprint density at radius 3 is 2.37 bits per heavy atom. The normalized spacial score (nSPS) is 12.1. The highest BCUT2D eigenvalue weighted by atomic mass is 16.5. The number of ether oxygens (including phenoxy) is 2. The van der Waals surface area contributed by atoms with Crippen LogP contribution in [0.4, 0.5) is 5.95 Å². The third kappa shape index (κ3) is 4.09. The number of imidazole rings is 1. The van der Waals surface area contributed by atoms with E-state index in [0.29, 0.717) is 30.5 Å². The molecule has 6 nitrogen and oxygen atoms in total. The quantitative estimate of drug-likeness (QED) is 0.443. The summed E-state index contributed by atoms with van der Waals surface area (Å²) < 4.78 is 15.1. The summed E-state index contributed by atoms with van der Waals surface area (Å²) in [6.07, 6.45) is -0.738. The number of hydrogen-bond donors (Lipinski definition) is 2. The number of nitrogens with zero attached hydrogens (tertiary/aromatic N) is 2. The Hall–Kier alpha value is -3.51. The number of nitrogens with two attached hydrogens (primary N) is 1. The Bertz CT molecular complexity index is 1130. The molecule has 0 aliphatic rings. The summed E-state index contributed by atoms with van der Waals surface area (Å²) in [5.41, 5.74) is 9.68. The number of nitrogen functional groups attached to an aromatic ring is 1. The molecule has 3 aromatic carbocycles. The van der Waals surface area contributed by atoms with Crippen molar-refractivity contribution in [1.29, 1.82) is 0 Å². The van der Waals surface area contributed by atoms with Gasteiger partial charge in [0.1, 0.15) is 30.3 Å². The molecule has 4 aromatic rings. The van der Waals surface area contributed by atoms with Gasteiger partial charge in [-0.2, -0.15) is 0 Å². The van der Waals surface area contributed by atoms with Crippen molar-refractivity contribution in [2.24, 2.45) is 0 Å². The van der Waals surface area contributed by atoms with E-state index in [1.807, 2.05) is 71.3 Å². The summed E-state index contributed by atoms with van der Waals surface area (Å²) in [5, 5.41) is 10.7. The van der Waals surface area contributed by atoms with E-state index in [0.717, 1.165) is 16.6 Å². The van der Waals surface area contributed by atoms with Crippen LogP contribution in [-0.4, -0.2) is 29.5 Å². The molecule has 30 heavy (non-hydrogen) atoms. The second-order valence-electron chi connectivity index (χ2n) is 7.14. The van der Waals surface area contributed by atoms with Crippen molar-refractivity contribution < 1.29 is 19.1 Å². The molecule has 0 aliphatic heterocycles. The molecular formula is C24H26N3O3+. The number of benzene rings is 3. The summed E-state index contributed by atoms with van der Waals surface area (Å²) in [6, 6.07) is 25.6. The third-order valence-electron chi connectivity index (χ3n) is 5.09. The summed E-state index contributed by atoms with van der Waals surface area (Å²) in [6.45, 7) is 1.11. The number of fused-ring (bicyclic) bond motifs is 1. The van der Waals surface area contributed by atoms with Crippen molar-refractivity contribution in [1.82, 2.24) is 4.57 Å². The molecule has 0 amide bonds. The Morgan fingerprint density at radius 2 is 1.60 bits per heavy atom. The van der Waals surface area contributed by atoms with Crippen LogP contribution < -0.4 is 19.8 Å². The molecule has 0 saturated heterocycles. The smallest absolute Gasteiger partial charge is 0.356 e. The molecule has 1 atom stereocenters. The predicted molar refractivity (Wildman–Crippen MR) is 117 cm³/mol. The van der Waals surface area contributed by atoms with Crippen molar-refractivity contribution in [3.8, 4) is 11.5 Å². The van der Waals surface area contributed by atoms with E-state index >= 15 is 0 Å². The molecule has 154 valence electrons. The highest BCUT2D eigenvalue weighted by molar-refractivity contribution is 5.74. The lowest BCUT2D eigenvalue weighted by Crippen LogP contribution is -2.37. The van der Waals surface area contributed by atoms with E-state index in [4.69, 9.17) is 15.2 Å². The van der Waals surface area contributed by atoms with Crippen LogP contribution in [0.3, 0.4) is 0 Å². The summed E-state index contributed by atoms with van der Waals surface area (Å²) >= 11 is 0. The molecule has 6 heteroatoms. The van der Waals surface area contributed by atoms with E-state index < -0.39 is 6.10 Å². The monoisotopic (exact) mass is 404 g/mol. The van der Waals surface area contributed by atoms with Gasteiger partial charge in [-0.25, -0.2) is 9.13 Å². The second kappa shape index (κ2) is 8.88. The first kappa shape index (κ1) is 19.8. The summed E-state index contributed by atoms with van der Waals surface area (Å²) in [4.78, 5) is 0. The Labute approximate surface area is 175 Å². The molecule has 0 unspecified atom stereocenters. The van der Waals surface area contributed by atoms with Crippen molar-refractivity contribution in [2.75, 3.05) is 19.5 Å². The topological polar surface area (TPSA) is 73.5 Å². The van der Waals surface area contributed by atoms with Gasteiger partial charge in [-0.3, -0.25) is 5.73 Å². The van der Waals surface area contributed by atoms with Gasteiger partial charge < -0.3 is 14.6 Å². The summed E-state index contributed by atoms with van der Waals surface area (Å²) in [7, 11) is 1.59. The van der Waals surface area contributed by atoms with Gasteiger partial charge in [-0.15, -0.1) is 0 Å². The molecule has 0 radical (unpaired) electrons. The SMILES string of the molecule is COc1ccccc1OC[C@@H](O)Cn1c(N)[n+](Cc2ccccc2)c2ccccc21. The fourth-order valence-corrected chi connectivity index (χ4v) is 3.62. The van der Waals surface area contributed by atoms with E-state index in [-0.39, 0.29) is 6.61 Å². The molecule has 1 heterocycles. The van der Waals surface area contributed by atoms with Gasteiger partial charge in [0.25, 0.3) is 0 Å². The highest BCUT2D eigenvalue weighted by Crippen LogP contribution is 2.26. The van der Waals surface area contributed by atoms with Gasteiger partial charge in [0.05, 0.1) is 13.7 Å². The van der Waals surface area contributed by atoms with E-state index in [1.54, 1.807) is 7.11 Å². The zero-order valence-electron chi connectivity index (χ0n) is 16.9. The third-order valence-corrected chi connectivity index (χ3v) is 5.09. The van der Waals surface area contributed by atoms with Crippen molar-refractivity contribution in [3.05, 3.63) is 84.4 Å². The zero-order valence-corrected chi connectivity index (χ0v) is 16.9. The maximum Gasteiger partial charge on any atom is 0.356 e. The minimum atomic E-state index is -0.738. The lowest BCUT2D eigenvalue weighted by atomic mass is 10.2. The van der Waals surface area contributed by atoms with Crippen LogP contribution in [0.1, 0.15) is 5.56 Å². The minimum Gasteiger partial charge on any atom is -0.493 e. The Kier molecular flexibility index (Phi) is 5.86. The van der Waals surface area contributed by atoms with E-state index in [2.05, 4.69) is 16.7 Å². The molecule has 0 bridgehead atoms. The van der Waals surface area contributed by atoms with Crippen LogP contribution >= 0.6 is 0 Å². The van der Waals surface area contributed by atoms with Gasteiger partial charge in [0.15, 0.2) is 11.5 Å². The molecule has 0 fully saturated rings. The summed E-state index contributed by atoms with van der Waals surface area (Å²) in [5.74, 6) is 1.83. The molecule has 0 saturated carbocycles. The number of rotatable bonds is 8. The zero-order chi connectivity index (χ0) is 20.9.